The zero-order valence-electron chi connectivity index (χ0n) is 6.64. The van der Waals surface area contributed by atoms with E-state index in [4.69, 9.17) is 0 Å². The number of carbonyl (C=O) groups excluding carboxylic acids is 1. The first kappa shape index (κ1) is 8.64. The number of nitrogens with zero attached hydrogens (tertiary/aromatic N) is 2. The highest BCUT2D eigenvalue weighted by molar-refractivity contribution is 5.36. The van der Waals surface area contributed by atoms with E-state index in [-0.39, 0.29) is 0 Å². The number of aryl methyl sites for hydroxylation is 1. The van der Waals surface area contributed by atoms with Gasteiger partial charge >= 0.3 is 0 Å². The first-order valence-electron chi connectivity index (χ1n) is 3.73. The van der Waals surface area contributed by atoms with Crippen molar-refractivity contribution in [2.75, 3.05) is 6.61 Å². The molecule has 12 heavy (non-hydrogen) atoms. The maximum absolute atomic E-state index is 9.77. The van der Waals surface area contributed by atoms with Crippen LogP contribution < -0.4 is 0 Å². The minimum atomic E-state index is 0.445. The predicted octanol–water partition coefficient (Wildman–Crippen LogP) is 0.582. The third kappa shape index (κ3) is 3.09. The standard InChI is InChI=1S/C8H10N2O2/c11-7-12-5-1-2-8-6-9-3-4-10-8/h3-4,6-7H,1-2,5H2. The van der Waals surface area contributed by atoms with E-state index in [1.54, 1.807) is 18.6 Å². The molecule has 0 spiro atoms. The quantitative estimate of drug-likeness (QED) is 0.474. The molecule has 0 aliphatic heterocycles. The number of carbonyl (C=O) groups is 1. The molecule has 0 amide bonds. The Morgan fingerprint density at radius 3 is 3.08 bits per heavy atom. The van der Waals surface area contributed by atoms with Crippen molar-refractivity contribution in [3.63, 3.8) is 0 Å². The highest BCUT2D eigenvalue weighted by atomic mass is 16.5. The van der Waals surface area contributed by atoms with Crippen molar-refractivity contribution in [1.82, 2.24) is 9.97 Å². The van der Waals surface area contributed by atoms with Crippen LogP contribution in [0.5, 0.6) is 0 Å². The van der Waals surface area contributed by atoms with Gasteiger partial charge in [-0.3, -0.25) is 14.8 Å². The van der Waals surface area contributed by atoms with Crippen LogP contribution in [0.4, 0.5) is 0 Å². The Hall–Kier alpha value is -1.45. The lowest BCUT2D eigenvalue weighted by atomic mass is 10.2. The largest absolute Gasteiger partial charge is 0.468 e. The number of rotatable bonds is 5. The summed E-state index contributed by atoms with van der Waals surface area (Å²) in [6.07, 6.45) is 6.57. The van der Waals surface area contributed by atoms with Crippen LogP contribution >= 0.6 is 0 Å². The normalized spacial score (nSPS) is 9.33. The topological polar surface area (TPSA) is 52.1 Å². The first-order chi connectivity index (χ1) is 5.93. The molecule has 0 aliphatic rings. The van der Waals surface area contributed by atoms with Gasteiger partial charge in [0.05, 0.1) is 12.3 Å². The molecular weight excluding hydrogens is 156 g/mol. The van der Waals surface area contributed by atoms with Crippen molar-refractivity contribution in [3.8, 4) is 0 Å². The lowest BCUT2D eigenvalue weighted by Gasteiger charge is -1.97. The molecule has 4 nitrogen and oxygen atoms in total. The Morgan fingerprint density at radius 1 is 1.50 bits per heavy atom. The fourth-order valence-electron chi connectivity index (χ4n) is 0.844. The lowest BCUT2D eigenvalue weighted by Crippen LogP contribution is -1.96. The maximum Gasteiger partial charge on any atom is 0.293 e. The molecule has 0 radical (unpaired) electrons. The summed E-state index contributed by atoms with van der Waals surface area (Å²) in [7, 11) is 0. The Balaban J connectivity index is 2.20. The van der Waals surface area contributed by atoms with E-state index in [0.29, 0.717) is 13.1 Å². The van der Waals surface area contributed by atoms with E-state index in [0.717, 1.165) is 18.5 Å². The second kappa shape index (κ2) is 5.23. The number of hydrogen-bond donors (Lipinski definition) is 0. The van der Waals surface area contributed by atoms with Crippen LogP contribution in [-0.4, -0.2) is 23.0 Å². The molecule has 1 rings (SSSR count). The van der Waals surface area contributed by atoms with Gasteiger partial charge in [-0.15, -0.1) is 0 Å². The van der Waals surface area contributed by atoms with Crippen molar-refractivity contribution < 1.29 is 9.53 Å². The summed E-state index contributed by atoms with van der Waals surface area (Å²) in [6.45, 7) is 0.900. The zero-order chi connectivity index (χ0) is 8.65. The summed E-state index contributed by atoms with van der Waals surface area (Å²) in [5, 5.41) is 0. The van der Waals surface area contributed by atoms with Crippen LogP contribution in [0.3, 0.4) is 0 Å². The highest BCUT2D eigenvalue weighted by Crippen LogP contribution is 1.95. The van der Waals surface area contributed by atoms with Gasteiger partial charge in [-0.1, -0.05) is 0 Å². The van der Waals surface area contributed by atoms with E-state index in [1.807, 2.05) is 0 Å². The number of aromatic nitrogens is 2. The molecule has 1 aromatic rings. The minimum absolute atomic E-state index is 0.445. The van der Waals surface area contributed by atoms with E-state index >= 15 is 0 Å². The van der Waals surface area contributed by atoms with Gasteiger partial charge in [0, 0.05) is 18.6 Å². The van der Waals surface area contributed by atoms with E-state index in [1.165, 1.54) is 0 Å². The number of hydrogen-bond acceptors (Lipinski definition) is 4. The van der Waals surface area contributed by atoms with E-state index in [2.05, 4.69) is 14.7 Å². The molecule has 0 saturated heterocycles. The molecule has 0 fully saturated rings. The van der Waals surface area contributed by atoms with Crippen LogP contribution in [0.1, 0.15) is 12.1 Å². The second-order valence-electron chi connectivity index (χ2n) is 2.27. The minimum Gasteiger partial charge on any atom is -0.468 e. The molecule has 1 heterocycles. The Bertz CT molecular complexity index is 226. The average Bonchev–Trinajstić information content (AvgIpc) is 2.14. The van der Waals surface area contributed by atoms with Crippen molar-refractivity contribution in [2.24, 2.45) is 0 Å². The van der Waals surface area contributed by atoms with E-state index in [9.17, 15) is 4.79 Å². The molecule has 64 valence electrons. The second-order valence-corrected chi connectivity index (χ2v) is 2.27. The molecule has 0 unspecified atom stereocenters. The van der Waals surface area contributed by atoms with Crippen molar-refractivity contribution >= 4 is 6.47 Å². The molecule has 4 heteroatoms. The van der Waals surface area contributed by atoms with Crippen molar-refractivity contribution in [1.29, 1.82) is 0 Å². The predicted molar refractivity (Wildman–Crippen MR) is 42.4 cm³/mol. The van der Waals surface area contributed by atoms with Gasteiger partial charge in [-0.05, 0) is 12.8 Å². The molecule has 0 bridgehead atoms. The van der Waals surface area contributed by atoms with Crippen LogP contribution in [0, 0.1) is 0 Å². The van der Waals surface area contributed by atoms with Gasteiger partial charge < -0.3 is 4.74 Å². The first-order valence-corrected chi connectivity index (χ1v) is 3.73. The van der Waals surface area contributed by atoms with Crippen LogP contribution in [0.25, 0.3) is 0 Å². The molecule has 0 saturated carbocycles. The summed E-state index contributed by atoms with van der Waals surface area (Å²) < 4.78 is 4.53. The van der Waals surface area contributed by atoms with Crippen LogP contribution in [0.2, 0.25) is 0 Å². The summed E-state index contributed by atoms with van der Waals surface area (Å²) in [5.74, 6) is 0. The Morgan fingerprint density at radius 2 is 2.42 bits per heavy atom. The zero-order valence-corrected chi connectivity index (χ0v) is 6.64. The van der Waals surface area contributed by atoms with E-state index < -0.39 is 0 Å². The van der Waals surface area contributed by atoms with Gasteiger partial charge in [0.25, 0.3) is 6.47 Å². The van der Waals surface area contributed by atoms with Crippen molar-refractivity contribution in [3.05, 3.63) is 24.3 Å². The van der Waals surface area contributed by atoms with Gasteiger partial charge in [-0.2, -0.15) is 0 Å². The molecule has 0 N–H and O–H groups in total. The van der Waals surface area contributed by atoms with Gasteiger partial charge in [0.15, 0.2) is 0 Å². The summed E-state index contributed by atoms with van der Waals surface area (Å²) >= 11 is 0. The molecule has 1 aromatic heterocycles. The summed E-state index contributed by atoms with van der Waals surface area (Å²) in [5.41, 5.74) is 0.923. The SMILES string of the molecule is O=COCCCc1cnccn1. The highest BCUT2D eigenvalue weighted by Gasteiger charge is 1.92. The number of ether oxygens (including phenoxy) is 1. The molecule has 0 atom stereocenters. The smallest absolute Gasteiger partial charge is 0.293 e. The third-order valence-electron chi connectivity index (χ3n) is 1.38. The van der Waals surface area contributed by atoms with Gasteiger partial charge in [0.2, 0.25) is 0 Å². The Labute approximate surface area is 70.6 Å². The van der Waals surface area contributed by atoms with Crippen LogP contribution in [0.15, 0.2) is 18.6 Å². The van der Waals surface area contributed by atoms with Crippen LogP contribution in [-0.2, 0) is 16.0 Å². The molecular formula is C8H10N2O2. The fraction of sp³-hybridized carbons (Fsp3) is 0.375. The maximum atomic E-state index is 9.77. The summed E-state index contributed by atoms with van der Waals surface area (Å²) in [4.78, 5) is 17.7. The average molecular weight is 166 g/mol. The molecule has 0 aromatic carbocycles. The van der Waals surface area contributed by atoms with Gasteiger partial charge in [0.1, 0.15) is 0 Å². The molecule has 0 aliphatic carbocycles. The van der Waals surface area contributed by atoms with Gasteiger partial charge in [-0.25, -0.2) is 0 Å². The van der Waals surface area contributed by atoms with Crippen molar-refractivity contribution in [2.45, 2.75) is 12.8 Å². The Kier molecular flexibility index (Phi) is 3.77. The summed E-state index contributed by atoms with van der Waals surface area (Å²) in [6, 6.07) is 0. The fourth-order valence-corrected chi connectivity index (χ4v) is 0.844. The monoisotopic (exact) mass is 166 g/mol. The lowest BCUT2D eigenvalue weighted by molar-refractivity contribution is -0.128. The third-order valence-corrected chi connectivity index (χ3v) is 1.38.